The number of nitrogens with zero attached hydrogens (tertiary/aromatic N) is 3. The fourth-order valence-electron chi connectivity index (χ4n) is 3.05. The molecule has 1 aliphatic heterocycles. The van der Waals surface area contributed by atoms with Gasteiger partial charge in [-0.2, -0.15) is 5.10 Å². The van der Waals surface area contributed by atoms with Crippen molar-refractivity contribution < 1.29 is 13.6 Å². The molecule has 1 aromatic carbocycles. The first-order valence-corrected chi connectivity index (χ1v) is 10.3. The highest BCUT2D eigenvalue weighted by atomic mass is 31.0. The number of allylic oxidation sites excluding steroid dienone is 3. The topological polar surface area (TPSA) is 57.1 Å². The summed E-state index contributed by atoms with van der Waals surface area (Å²) in [5.41, 5.74) is 4.01. The van der Waals surface area contributed by atoms with Gasteiger partial charge in [0.05, 0.1) is 12.3 Å². The minimum atomic E-state index is -1.86. The molecule has 0 spiro atoms. The van der Waals surface area contributed by atoms with Crippen LogP contribution in [0.15, 0.2) is 51.7 Å². The van der Waals surface area contributed by atoms with Gasteiger partial charge in [-0.25, -0.2) is 8.78 Å². The largest absolute Gasteiger partial charge is 0.353 e. The molecule has 0 aromatic heterocycles. The third kappa shape index (κ3) is 6.56. The molecule has 2 unspecified atom stereocenters. The van der Waals surface area contributed by atoms with E-state index in [0.717, 1.165) is 16.9 Å². The first-order chi connectivity index (χ1) is 14.0. The number of carbonyl (C=O) groups is 1. The van der Waals surface area contributed by atoms with Crippen LogP contribution >= 0.6 is 9.24 Å². The summed E-state index contributed by atoms with van der Waals surface area (Å²) < 4.78 is 28.1. The van der Waals surface area contributed by atoms with Gasteiger partial charge < -0.3 is 5.32 Å². The Morgan fingerprint density at radius 2 is 2.00 bits per heavy atom. The molecule has 2 atom stereocenters. The van der Waals surface area contributed by atoms with Gasteiger partial charge in [-0.05, 0) is 64.0 Å². The predicted octanol–water partition coefficient (Wildman–Crippen LogP) is 4.31. The van der Waals surface area contributed by atoms with Crippen LogP contribution in [0, 0.1) is 5.82 Å². The molecule has 2 rings (SSSR count). The Balaban J connectivity index is 2.22. The summed E-state index contributed by atoms with van der Waals surface area (Å²) in [6.45, 7) is 10.4. The van der Waals surface area contributed by atoms with Gasteiger partial charge in [-0.3, -0.25) is 14.8 Å². The lowest BCUT2D eigenvalue weighted by molar-refractivity contribution is -0.124. The van der Waals surface area contributed by atoms with Gasteiger partial charge in [0.25, 0.3) is 0 Å². The highest BCUT2D eigenvalue weighted by Gasteiger charge is 2.23. The van der Waals surface area contributed by atoms with Crippen molar-refractivity contribution in [1.29, 1.82) is 0 Å². The Morgan fingerprint density at radius 3 is 2.60 bits per heavy atom. The molecule has 1 fully saturated rings. The van der Waals surface area contributed by atoms with Gasteiger partial charge in [0.2, 0.25) is 5.91 Å². The lowest BCUT2D eigenvalue weighted by atomic mass is 10.0. The zero-order chi connectivity index (χ0) is 22.5. The standard InChI is InChI=1S/C22H29F2N4OP/c1-14(2)18(16(4)27-28-11-10-26-21(29)13-28)8-9-25-15(3)17-6-7-20(23)19(12-17)22(5,24)30/h6-9,12H,10-11,13,30H2,1-5H3,(H,26,29)/b9-8-,25-15?,27-16+. The molecule has 8 heteroatoms. The molecule has 1 aliphatic rings. The molecule has 1 saturated heterocycles. The van der Waals surface area contributed by atoms with Crippen molar-refractivity contribution in [3.63, 3.8) is 0 Å². The minimum Gasteiger partial charge on any atom is -0.353 e. The smallest absolute Gasteiger partial charge is 0.241 e. The van der Waals surface area contributed by atoms with Crippen LogP contribution < -0.4 is 5.32 Å². The predicted molar refractivity (Wildman–Crippen MR) is 122 cm³/mol. The average molecular weight is 434 g/mol. The number of hydrogen-bond acceptors (Lipinski definition) is 4. The van der Waals surface area contributed by atoms with Crippen molar-refractivity contribution in [3.8, 4) is 0 Å². The van der Waals surface area contributed by atoms with E-state index < -0.39 is 11.2 Å². The maximum atomic E-state index is 14.2. The van der Waals surface area contributed by atoms with E-state index in [4.69, 9.17) is 0 Å². The molecule has 0 aliphatic carbocycles. The van der Waals surface area contributed by atoms with Gasteiger partial charge in [-0.15, -0.1) is 0 Å². The second-order valence-corrected chi connectivity index (χ2v) is 8.72. The summed E-state index contributed by atoms with van der Waals surface area (Å²) in [7, 11) is 2.01. The molecule has 1 aromatic rings. The summed E-state index contributed by atoms with van der Waals surface area (Å²) in [4.78, 5) is 16.0. The highest BCUT2D eigenvalue weighted by Crippen LogP contribution is 2.34. The van der Waals surface area contributed by atoms with E-state index >= 15 is 0 Å². The summed E-state index contributed by atoms with van der Waals surface area (Å²) in [6.07, 6.45) is 3.50. The molecule has 1 N–H and O–H groups in total. The number of rotatable bonds is 6. The first-order valence-electron chi connectivity index (χ1n) is 9.73. The molecule has 0 radical (unpaired) electrons. The molecule has 162 valence electrons. The summed E-state index contributed by atoms with van der Waals surface area (Å²) in [5, 5.41) is 7.22. The molecular weight excluding hydrogens is 405 g/mol. The van der Waals surface area contributed by atoms with E-state index in [2.05, 4.69) is 15.4 Å². The quantitative estimate of drug-likeness (QED) is 0.412. The Hall–Kier alpha value is -2.40. The van der Waals surface area contributed by atoms with Crippen LogP contribution in [0.4, 0.5) is 8.78 Å². The summed E-state index contributed by atoms with van der Waals surface area (Å²) in [6, 6.07) is 4.31. The van der Waals surface area contributed by atoms with Crippen molar-refractivity contribution in [2.24, 2.45) is 10.1 Å². The van der Waals surface area contributed by atoms with Crippen molar-refractivity contribution in [2.75, 3.05) is 19.6 Å². The number of piperazine rings is 1. The fourth-order valence-corrected chi connectivity index (χ4v) is 3.27. The number of aliphatic imine (C=N–C) groups is 1. The van der Waals surface area contributed by atoms with Crippen molar-refractivity contribution in [2.45, 2.75) is 40.0 Å². The third-order valence-electron chi connectivity index (χ3n) is 4.66. The monoisotopic (exact) mass is 434 g/mol. The van der Waals surface area contributed by atoms with Crippen LogP contribution in [-0.4, -0.2) is 42.0 Å². The number of halogens is 2. The van der Waals surface area contributed by atoms with Gasteiger partial charge in [0, 0.05) is 24.0 Å². The Morgan fingerprint density at radius 1 is 1.30 bits per heavy atom. The number of hydrogen-bond donors (Lipinski definition) is 1. The van der Waals surface area contributed by atoms with E-state index in [9.17, 15) is 13.6 Å². The number of carbonyl (C=O) groups excluding carboxylic acids is 1. The van der Waals surface area contributed by atoms with Crippen LogP contribution in [-0.2, 0) is 10.2 Å². The summed E-state index contributed by atoms with van der Waals surface area (Å²) >= 11 is 0. The second kappa shape index (κ2) is 10.1. The molecule has 5 nitrogen and oxygen atoms in total. The minimum absolute atomic E-state index is 0.0259. The molecule has 1 heterocycles. The first kappa shape index (κ1) is 23.9. The Labute approximate surface area is 179 Å². The van der Waals surface area contributed by atoms with Crippen LogP contribution in [0.25, 0.3) is 0 Å². The maximum absolute atomic E-state index is 14.2. The normalized spacial score (nSPS) is 17.7. The number of alkyl halides is 1. The fraction of sp³-hybridized carbons (Fsp3) is 0.409. The number of amides is 1. The van der Waals surface area contributed by atoms with E-state index in [1.54, 1.807) is 24.2 Å². The van der Waals surface area contributed by atoms with Crippen molar-refractivity contribution in [3.05, 3.63) is 58.6 Å². The van der Waals surface area contributed by atoms with E-state index in [-0.39, 0.29) is 18.0 Å². The van der Waals surface area contributed by atoms with Gasteiger partial charge >= 0.3 is 0 Å². The van der Waals surface area contributed by atoms with Crippen LogP contribution in [0.3, 0.4) is 0 Å². The average Bonchev–Trinajstić information content (AvgIpc) is 2.64. The highest BCUT2D eigenvalue weighted by molar-refractivity contribution is 7.18. The Kier molecular flexibility index (Phi) is 8.02. The SMILES string of the molecule is CC(=N/C=C\C(=C(C)C)/C(C)=N/N1CCNC(=O)C1)c1ccc(F)c(C(C)(F)P)c1. The van der Waals surface area contributed by atoms with E-state index in [1.165, 1.54) is 19.1 Å². The molecule has 0 bridgehead atoms. The van der Waals surface area contributed by atoms with Gasteiger partial charge in [0.15, 0.2) is 0 Å². The molecular formula is C22H29F2N4OP. The van der Waals surface area contributed by atoms with Gasteiger partial charge in [-0.1, -0.05) is 20.9 Å². The van der Waals surface area contributed by atoms with Crippen LogP contribution in [0.2, 0.25) is 0 Å². The number of benzene rings is 1. The molecule has 30 heavy (non-hydrogen) atoms. The maximum Gasteiger partial charge on any atom is 0.241 e. The third-order valence-corrected chi connectivity index (χ3v) is 4.97. The lowest BCUT2D eigenvalue weighted by Gasteiger charge is -2.24. The van der Waals surface area contributed by atoms with Crippen LogP contribution in [0.5, 0.6) is 0 Å². The summed E-state index contributed by atoms with van der Waals surface area (Å²) in [5.74, 6) is -0.631. The lowest BCUT2D eigenvalue weighted by Crippen LogP contribution is -2.45. The van der Waals surface area contributed by atoms with E-state index in [0.29, 0.717) is 24.4 Å². The Bertz CT molecular complexity index is 926. The van der Waals surface area contributed by atoms with Gasteiger partial charge in [0.1, 0.15) is 17.8 Å². The molecule has 0 saturated carbocycles. The molecule has 1 amide bonds. The number of nitrogens with one attached hydrogen (secondary N) is 1. The van der Waals surface area contributed by atoms with Crippen molar-refractivity contribution >= 4 is 26.6 Å². The van der Waals surface area contributed by atoms with Crippen LogP contribution in [0.1, 0.15) is 45.7 Å². The zero-order valence-corrected chi connectivity index (χ0v) is 19.2. The second-order valence-electron chi connectivity index (χ2n) is 7.64. The zero-order valence-electron chi connectivity index (χ0n) is 18.1. The van der Waals surface area contributed by atoms with E-state index in [1.807, 2.05) is 36.1 Å². The van der Waals surface area contributed by atoms with Crippen molar-refractivity contribution in [1.82, 2.24) is 10.3 Å². The number of hydrazone groups is 1.